The largest absolute Gasteiger partial charge is 0.497 e. The lowest BCUT2D eigenvalue weighted by molar-refractivity contribution is -0.121. The second-order valence-electron chi connectivity index (χ2n) is 6.79. The van der Waals surface area contributed by atoms with E-state index in [1.165, 1.54) is 19.3 Å². The molecular formula is C20H31ClN4O2. The molecule has 1 aromatic rings. The van der Waals surface area contributed by atoms with Crippen LogP contribution in [0.15, 0.2) is 23.2 Å². The Morgan fingerprint density at radius 2 is 1.96 bits per heavy atom. The van der Waals surface area contributed by atoms with Crippen molar-refractivity contribution in [3.05, 3.63) is 28.8 Å². The Balaban J connectivity index is 1.64. The topological polar surface area (TPSA) is 74.8 Å². The molecule has 1 aliphatic carbocycles. The summed E-state index contributed by atoms with van der Waals surface area (Å²) in [5.41, 5.74) is 1.05. The number of aliphatic imine (C=N–C) groups is 1. The summed E-state index contributed by atoms with van der Waals surface area (Å²) in [6.07, 6.45) is 7.16. The van der Waals surface area contributed by atoms with Gasteiger partial charge in [0.2, 0.25) is 5.91 Å². The fourth-order valence-electron chi connectivity index (χ4n) is 3.24. The van der Waals surface area contributed by atoms with E-state index in [-0.39, 0.29) is 5.91 Å². The van der Waals surface area contributed by atoms with Crippen LogP contribution >= 0.6 is 11.6 Å². The van der Waals surface area contributed by atoms with Gasteiger partial charge in [0.05, 0.1) is 7.11 Å². The number of hydrogen-bond donors (Lipinski definition) is 3. The summed E-state index contributed by atoms with van der Waals surface area (Å²) in [6, 6.07) is 6.04. The first-order valence-corrected chi connectivity index (χ1v) is 10.1. The number of ether oxygens (including phenoxy) is 1. The molecule has 2 rings (SSSR count). The molecule has 7 heteroatoms. The number of carbonyl (C=O) groups excluding carboxylic acids is 1. The van der Waals surface area contributed by atoms with E-state index in [2.05, 4.69) is 20.9 Å². The maximum Gasteiger partial charge on any atom is 0.221 e. The van der Waals surface area contributed by atoms with Crippen LogP contribution in [0.5, 0.6) is 5.75 Å². The zero-order valence-electron chi connectivity index (χ0n) is 16.3. The van der Waals surface area contributed by atoms with Crippen LogP contribution in [0, 0.1) is 0 Å². The highest BCUT2D eigenvalue weighted by Gasteiger charge is 2.15. The predicted octanol–water partition coefficient (Wildman–Crippen LogP) is 2.90. The second-order valence-corrected chi connectivity index (χ2v) is 7.19. The van der Waals surface area contributed by atoms with Gasteiger partial charge in [0.1, 0.15) is 5.75 Å². The Labute approximate surface area is 167 Å². The average Bonchev–Trinajstić information content (AvgIpc) is 2.68. The van der Waals surface area contributed by atoms with Crippen molar-refractivity contribution in [2.75, 3.05) is 27.2 Å². The van der Waals surface area contributed by atoms with Gasteiger partial charge in [-0.1, -0.05) is 36.9 Å². The molecule has 0 aliphatic heterocycles. The standard InChI is InChI=1S/C20H31ClN4O2/c1-22-20(23-12-10-15-8-9-17(27-2)14-18(15)21)24-13-11-19(26)25-16-6-4-3-5-7-16/h8-9,14,16H,3-7,10-13H2,1-2H3,(H,25,26)(H2,22,23,24). The highest BCUT2D eigenvalue weighted by molar-refractivity contribution is 6.31. The summed E-state index contributed by atoms with van der Waals surface area (Å²) in [5, 5.41) is 10.2. The van der Waals surface area contributed by atoms with Gasteiger partial charge in [0, 0.05) is 37.6 Å². The first-order valence-electron chi connectivity index (χ1n) is 9.68. The zero-order valence-corrected chi connectivity index (χ0v) is 17.1. The molecule has 0 unspecified atom stereocenters. The molecule has 0 aromatic heterocycles. The number of methoxy groups -OCH3 is 1. The molecule has 0 heterocycles. The molecule has 1 aromatic carbocycles. The summed E-state index contributed by atoms with van der Waals surface area (Å²) in [4.78, 5) is 16.2. The molecule has 0 saturated heterocycles. The van der Waals surface area contributed by atoms with Gasteiger partial charge in [0.25, 0.3) is 0 Å². The Morgan fingerprint density at radius 1 is 1.22 bits per heavy atom. The number of amides is 1. The molecule has 1 saturated carbocycles. The van der Waals surface area contributed by atoms with Crippen molar-refractivity contribution in [2.45, 2.75) is 51.0 Å². The number of nitrogens with one attached hydrogen (secondary N) is 3. The summed E-state index contributed by atoms with van der Waals surface area (Å²) < 4.78 is 5.16. The van der Waals surface area contributed by atoms with E-state index in [1.807, 2.05) is 18.2 Å². The molecule has 150 valence electrons. The van der Waals surface area contributed by atoms with Gasteiger partial charge >= 0.3 is 0 Å². The Bertz CT molecular complexity index is 630. The fraction of sp³-hybridized carbons (Fsp3) is 0.600. The maximum atomic E-state index is 12.0. The van der Waals surface area contributed by atoms with E-state index in [0.29, 0.717) is 36.5 Å². The Hall–Kier alpha value is -1.95. The van der Waals surface area contributed by atoms with E-state index >= 15 is 0 Å². The molecule has 1 amide bonds. The average molecular weight is 395 g/mol. The molecule has 3 N–H and O–H groups in total. The van der Waals surface area contributed by atoms with Gasteiger partial charge in [-0.05, 0) is 37.0 Å². The lowest BCUT2D eigenvalue weighted by atomic mass is 9.95. The van der Waals surface area contributed by atoms with Crippen LogP contribution in [0.2, 0.25) is 5.02 Å². The SMILES string of the molecule is CN=C(NCCC(=O)NC1CCCCC1)NCCc1ccc(OC)cc1Cl. The van der Waals surface area contributed by atoms with Crippen LogP contribution in [0.3, 0.4) is 0 Å². The molecule has 0 atom stereocenters. The zero-order chi connectivity index (χ0) is 19.5. The highest BCUT2D eigenvalue weighted by atomic mass is 35.5. The minimum atomic E-state index is 0.106. The number of carbonyl (C=O) groups is 1. The number of halogens is 1. The van der Waals surface area contributed by atoms with Crippen molar-refractivity contribution in [3.8, 4) is 5.75 Å². The molecule has 1 fully saturated rings. The summed E-state index contributed by atoms with van der Waals surface area (Å²) >= 11 is 6.26. The van der Waals surface area contributed by atoms with E-state index in [0.717, 1.165) is 30.6 Å². The Kier molecular flexibility index (Phi) is 9.25. The van der Waals surface area contributed by atoms with Crippen LogP contribution in [-0.4, -0.2) is 45.2 Å². The maximum absolute atomic E-state index is 12.0. The van der Waals surface area contributed by atoms with Gasteiger partial charge in [-0.15, -0.1) is 0 Å². The number of hydrogen-bond acceptors (Lipinski definition) is 3. The number of rotatable bonds is 8. The van der Waals surface area contributed by atoms with E-state index in [1.54, 1.807) is 14.2 Å². The third-order valence-electron chi connectivity index (χ3n) is 4.79. The highest BCUT2D eigenvalue weighted by Crippen LogP contribution is 2.22. The molecule has 6 nitrogen and oxygen atoms in total. The van der Waals surface area contributed by atoms with Gasteiger partial charge in [-0.25, -0.2) is 0 Å². The lowest BCUT2D eigenvalue weighted by Gasteiger charge is -2.22. The van der Waals surface area contributed by atoms with E-state index in [4.69, 9.17) is 16.3 Å². The quantitative estimate of drug-likeness (QED) is 0.468. The number of nitrogens with zero attached hydrogens (tertiary/aromatic N) is 1. The third kappa shape index (κ3) is 7.67. The molecule has 27 heavy (non-hydrogen) atoms. The minimum absolute atomic E-state index is 0.106. The van der Waals surface area contributed by atoms with Gasteiger partial charge in [-0.3, -0.25) is 9.79 Å². The minimum Gasteiger partial charge on any atom is -0.497 e. The van der Waals surface area contributed by atoms with Gasteiger partial charge in [0.15, 0.2) is 5.96 Å². The first-order chi connectivity index (χ1) is 13.1. The lowest BCUT2D eigenvalue weighted by Crippen LogP contribution is -2.41. The molecule has 0 radical (unpaired) electrons. The Morgan fingerprint density at radius 3 is 2.63 bits per heavy atom. The van der Waals surface area contributed by atoms with Crippen molar-refractivity contribution in [2.24, 2.45) is 4.99 Å². The first kappa shape index (κ1) is 21.4. The van der Waals surface area contributed by atoms with Crippen molar-refractivity contribution in [1.82, 2.24) is 16.0 Å². The molecule has 1 aliphatic rings. The number of guanidine groups is 1. The fourth-order valence-corrected chi connectivity index (χ4v) is 3.50. The normalized spacial score (nSPS) is 15.3. The van der Waals surface area contributed by atoms with Crippen LogP contribution in [0.25, 0.3) is 0 Å². The predicted molar refractivity (Wildman–Crippen MR) is 111 cm³/mol. The monoisotopic (exact) mass is 394 g/mol. The summed E-state index contributed by atoms with van der Waals surface area (Å²) in [7, 11) is 3.34. The van der Waals surface area contributed by atoms with E-state index in [9.17, 15) is 4.79 Å². The van der Waals surface area contributed by atoms with Crippen LogP contribution < -0.4 is 20.7 Å². The second kappa shape index (κ2) is 11.7. The van der Waals surface area contributed by atoms with Crippen molar-refractivity contribution in [3.63, 3.8) is 0 Å². The summed E-state index contributed by atoms with van der Waals surface area (Å²) in [6.45, 7) is 1.25. The van der Waals surface area contributed by atoms with Crippen LogP contribution in [0.4, 0.5) is 0 Å². The molecular weight excluding hydrogens is 364 g/mol. The van der Waals surface area contributed by atoms with Crippen LogP contribution in [-0.2, 0) is 11.2 Å². The van der Waals surface area contributed by atoms with Crippen molar-refractivity contribution in [1.29, 1.82) is 0 Å². The smallest absolute Gasteiger partial charge is 0.221 e. The van der Waals surface area contributed by atoms with Crippen LogP contribution in [0.1, 0.15) is 44.1 Å². The van der Waals surface area contributed by atoms with E-state index < -0.39 is 0 Å². The molecule has 0 spiro atoms. The third-order valence-corrected chi connectivity index (χ3v) is 5.14. The van der Waals surface area contributed by atoms with Crippen molar-refractivity contribution >= 4 is 23.5 Å². The van der Waals surface area contributed by atoms with Gasteiger partial charge < -0.3 is 20.7 Å². The molecule has 0 bridgehead atoms. The van der Waals surface area contributed by atoms with Gasteiger partial charge in [-0.2, -0.15) is 0 Å². The number of benzene rings is 1. The van der Waals surface area contributed by atoms with Crippen molar-refractivity contribution < 1.29 is 9.53 Å². The summed E-state index contributed by atoms with van der Waals surface area (Å²) in [5.74, 6) is 1.54.